The first-order chi connectivity index (χ1) is 16.7. The van der Waals surface area contributed by atoms with E-state index in [0.29, 0.717) is 41.9 Å². The molecule has 0 bridgehead atoms. The van der Waals surface area contributed by atoms with Gasteiger partial charge >= 0.3 is 0 Å². The summed E-state index contributed by atoms with van der Waals surface area (Å²) in [6.07, 6.45) is 0. The number of methoxy groups -OCH3 is 1. The first-order valence-corrected chi connectivity index (χ1v) is 12.2. The molecule has 2 aliphatic rings. The summed E-state index contributed by atoms with van der Waals surface area (Å²) in [6.45, 7) is 7.33. The van der Waals surface area contributed by atoms with Gasteiger partial charge in [-0.1, -0.05) is 17.7 Å². The highest BCUT2D eigenvalue weighted by atomic mass is 79.9. The van der Waals surface area contributed by atoms with Crippen LogP contribution in [0, 0.1) is 13.8 Å². The molecule has 9 heteroatoms. The fraction of sp³-hybridized carbons (Fsp3) is 0.385. The number of benzene rings is 2. The molecule has 2 heterocycles. The van der Waals surface area contributed by atoms with Gasteiger partial charge in [-0.3, -0.25) is 14.5 Å². The van der Waals surface area contributed by atoms with Crippen LogP contribution in [0.5, 0.6) is 11.5 Å². The van der Waals surface area contributed by atoms with Gasteiger partial charge in [-0.25, -0.2) is 0 Å². The van der Waals surface area contributed by atoms with Crippen molar-refractivity contribution in [2.75, 3.05) is 46.5 Å². The number of phenols is 1. The topological polar surface area (TPSA) is 99.5 Å². The third-order valence-electron chi connectivity index (χ3n) is 6.54. The van der Waals surface area contributed by atoms with Crippen molar-refractivity contribution in [2.24, 2.45) is 0 Å². The van der Waals surface area contributed by atoms with Gasteiger partial charge in [-0.15, -0.1) is 0 Å². The molecule has 8 nitrogen and oxygen atoms in total. The zero-order chi connectivity index (χ0) is 25.3. The van der Waals surface area contributed by atoms with E-state index in [0.717, 1.165) is 24.2 Å². The Bertz CT molecular complexity index is 1190. The molecular weight excluding hydrogens is 516 g/mol. The highest BCUT2D eigenvalue weighted by molar-refractivity contribution is 9.10. The Morgan fingerprint density at radius 3 is 2.54 bits per heavy atom. The van der Waals surface area contributed by atoms with Crippen molar-refractivity contribution in [1.82, 2.24) is 9.80 Å². The molecule has 0 aliphatic carbocycles. The Labute approximate surface area is 212 Å². The lowest BCUT2D eigenvalue weighted by molar-refractivity contribution is -0.140. The lowest BCUT2D eigenvalue weighted by Crippen LogP contribution is -2.42. The number of hydrogen-bond acceptors (Lipinski definition) is 7. The molecule has 2 aliphatic heterocycles. The van der Waals surface area contributed by atoms with Gasteiger partial charge < -0.3 is 24.6 Å². The van der Waals surface area contributed by atoms with Gasteiger partial charge in [0.25, 0.3) is 11.7 Å². The Morgan fingerprint density at radius 2 is 1.86 bits per heavy atom. The van der Waals surface area contributed by atoms with Gasteiger partial charge in [0.1, 0.15) is 5.76 Å². The van der Waals surface area contributed by atoms with Crippen LogP contribution in [0.25, 0.3) is 5.76 Å². The number of phenolic OH excluding ortho intramolecular Hbond substituents is 1. The number of morpholine rings is 1. The Balaban J connectivity index is 1.84. The van der Waals surface area contributed by atoms with Crippen LogP contribution in [-0.4, -0.2) is 78.2 Å². The van der Waals surface area contributed by atoms with Gasteiger partial charge in [-0.05, 0) is 59.1 Å². The molecule has 0 spiro atoms. The second-order valence-corrected chi connectivity index (χ2v) is 9.67. The zero-order valence-corrected chi connectivity index (χ0v) is 21.6. The Kier molecular flexibility index (Phi) is 7.49. The number of carbonyl (C=O) groups excluding carboxylic acids is 2. The summed E-state index contributed by atoms with van der Waals surface area (Å²) in [4.78, 5) is 30.3. The third kappa shape index (κ3) is 4.94. The van der Waals surface area contributed by atoms with Crippen LogP contribution >= 0.6 is 15.9 Å². The maximum Gasteiger partial charge on any atom is 0.295 e. The van der Waals surface area contributed by atoms with Crippen molar-refractivity contribution in [3.8, 4) is 11.5 Å². The number of aliphatic hydroxyl groups excluding tert-OH is 1. The molecule has 186 valence electrons. The van der Waals surface area contributed by atoms with Crippen LogP contribution in [0.3, 0.4) is 0 Å². The molecule has 35 heavy (non-hydrogen) atoms. The smallest absolute Gasteiger partial charge is 0.295 e. The van der Waals surface area contributed by atoms with E-state index in [1.807, 2.05) is 26.0 Å². The molecule has 0 saturated carbocycles. The van der Waals surface area contributed by atoms with Crippen LogP contribution in [-0.2, 0) is 14.3 Å². The van der Waals surface area contributed by atoms with Crippen LogP contribution in [0.15, 0.2) is 40.4 Å². The number of amides is 1. The van der Waals surface area contributed by atoms with E-state index in [1.54, 1.807) is 18.2 Å². The number of ketones is 1. The fourth-order valence-electron chi connectivity index (χ4n) is 4.57. The van der Waals surface area contributed by atoms with Crippen LogP contribution < -0.4 is 4.74 Å². The Hall–Kier alpha value is -2.88. The van der Waals surface area contributed by atoms with E-state index in [1.165, 1.54) is 12.0 Å². The van der Waals surface area contributed by atoms with Gasteiger partial charge in [0.15, 0.2) is 11.5 Å². The van der Waals surface area contributed by atoms with Crippen LogP contribution in [0.1, 0.15) is 28.3 Å². The first kappa shape index (κ1) is 25.2. The van der Waals surface area contributed by atoms with E-state index in [4.69, 9.17) is 9.47 Å². The molecule has 2 aromatic rings. The summed E-state index contributed by atoms with van der Waals surface area (Å²) in [5, 5.41) is 21.7. The van der Waals surface area contributed by atoms with E-state index < -0.39 is 17.7 Å². The van der Waals surface area contributed by atoms with Crippen molar-refractivity contribution >= 4 is 33.4 Å². The molecule has 4 rings (SSSR count). The van der Waals surface area contributed by atoms with Crippen molar-refractivity contribution < 1.29 is 29.3 Å². The van der Waals surface area contributed by atoms with Crippen molar-refractivity contribution in [1.29, 1.82) is 0 Å². The number of halogens is 1. The quantitative estimate of drug-likeness (QED) is 0.326. The van der Waals surface area contributed by atoms with Gasteiger partial charge in [-0.2, -0.15) is 0 Å². The standard InChI is InChI=1S/C26H29BrN2O6/c1-15-4-5-16(2)18(12-15)23(30)21-22(17-13-19(27)24(31)20(14-17)34-3)29(26(33)25(21)32)7-6-28-8-10-35-11-9-28/h4-5,12-14,22,30-31H,6-11H2,1-3H3. The third-order valence-corrected chi connectivity index (χ3v) is 7.14. The lowest BCUT2D eigenvalue weighted by atomic mass is 9.93. The van der Waals surface area contributed by atoms with Crippen molar-refractivity contribution in [2.45, 2.75) is 19.9 Å². The van der Waals surface area contributed by atoms with Gasteiger partial charge in [0.2, 0.25) is 0 Å². The average molecular weight is 545 g/mol. The number of hydrogen-bond donors (Lipinski definition) is 2. The predicted octanol–water partition coefficient (Wildman–Crippen LogP) is 3.53. The maximum absolute atomic E-state index is 13.3. The second kappa shape index (κ2) is 10.4. The molecule has 2 saturated heterocycles. The minimum absolute atomic E-state index is 0.0188. The summed E-state index contributed by atoms with van der Waals surface area (Å²) in [5.41, 5.74) is 2.77. The van der Waals surface area contributed by atoms with Crippen LogP contribution in [0.4, 0.5) is 0 Å². The molecule has 2 aromatic carbocycles. The summed E-state index contributed by atoms with van der Waals surface area (Å²) < 4.78 is 11.1. The number of Topliss-reactive ketones (excluding diaryl/α,β-unsaturated/α-hetero) is 1. The number of rotatable bonds is 6. The Morgan fingerprint density at radius 1 is 1.14 bits per heavy atom. The molecular formula is C26H29BrN2O6. The SMILES string of the molecule is COc1cc(C2C(=C(O)c3cc(C)ccc3C)C(=O)C(=O)N2CCN2CCOCC2)cc(Br)c1O. The second-order valence-electron chi connectivity index (χ2n) is 8.82. The molecule has 2 fully saturated rings. The summed E-state index contributed by atoms with van der Waals surface area (Å²) >= 11 is 3.34. The lowest BCUT2D eigenvalue weighted by Gasteiger charge is -2.31. The summed E-state index contributed by atoms with van der Waals surface area (Å²) in [5.74, 6) is -1.51. The van der Waals surface area contributed by atoms with Gasteiger partial charge in [0.05, 0.1) is 36.4 Å². The van der Waals surface area contributed by atoms with Crippen molar-refractivity contribution in [3.63, 3.8) is 0 Å². The minimum Gasteiger partial charge on any atom is -0.507 e. The summed E-state index contributed by atoms with van der Waals surface area (Å²) in [6, 6.07) is 7.99. The number of aryl methyl sites for hydroxylation is 2. The molecule has 2 N–H and O–H groups in total. The first-order valence-electron chi connectivity index (χ1n) is 11.5. The minimum atomic E-state index is -0.846. The number of carbonyl (C=O) groups is 2. The molecule has 0 aromatic heterocycles. The average Bonchev–Trinajstić information content (AvgIpc) is 3.11. The molecule has 1 atom stereocenters. The predicted molar refractivity (Wildman–Crippen MR) is 135 cm³/mol. The van der Waals surface area contributed by atoms with E-state index >= 15 is 0 Å². The monoisotopic (exact) mass is 544 g/mol. The van der Waals surface area contributed by atoms with E-state index in [9.17, 15) is 19.8 Å². The highest BCUT2D eigenvalue weighted by Gasteiger charge is 2.46. The molecule has 1 amide bonds. The van der Waals surface area contributed by atoms with E-state index in [2.05, 4.69) is 20.8 Å². The zero-order valence-electron chi connectivity index (χ0n) is 20.0. The van der Waals surface area contributed by atoms with E-state index in [-0.39, 0.29) is 22.8 Å². The fourth-order valence-corrected chi connectivity index (χ4v) is 5.03. The van der Waals surface area contributed by atoms with Gasteiger partial charge in [0, 0.05) is 31.7 Å². The van der Waals surface area contributed by atoms with Crippen molar-refractivity contribution in [3.05, 3.63) is 62.6 Å². The number of ether oxygens (including phenoxy) is 2. The molecule has 0 radical (unpaired) electrons. The number of aromatic hydroxyl groups is 1. The number of likely N-dealkylation sites (tertiary alicyclic amines) is 1. The number of nitrogens with zero attached hydrogens (tertiary/aromatic N) is 2. The normalized spacial score (nSPS) is 20.5. The molecule has 1 unspecified atom stereocenters. The van der Waals surface area contributed by atoms with Crippen LogP contribution in [0.2, 0.25) is 0 Å². The highest BCUT2D eigenvalue weighted by Crippen LogP contribution is 2.44. The largest absolute Gasteiger partial charge is 0.507 e. The number of aliphatic hydroxyl groups is 1. The maximum atomic E-state index is 13.3. The summed E-state index contributed by atoms with van der Waals surface area (Å²) in [7, 11) is 1.43.